The molecule has 2 aliphatic heterocycles. The van der Waals surface area contributed by atoms with E-state index in [4.69, 9.17) is 14.2 Å². The summed E-state index contributed by atoms with van der Waals surface area (Å²) in [6, 6.07) is 12.1. The van der Waals surface area contributed by atoms with Crippen molar-refractivity contribution in [2.45, 2.75) is 39.5 Å². The maximum absolute atomic E-state index is 13.3. The van der Waals surface area contributed by atoms with Crippen molar-refractivity contribution in [1.82, 2.24) is 0 Å². The Morgan fingerprint density at radius 2 is 1.93 bits per heavy atom. The molecule has 0 saturated carbocycles. The molecule has 3 aliphatic rings. The van der Waals surface area contributed by atoms with Gasteiger partial charge in [0, 0.05) is 35.4 Å². The lowest BCUT2D eigenvalue weighted by Crippen LogP contribution is -2.33. The average molecular weight is 391 g/mol. The summed E-state index contributed by atoms with van der Waals surface area (Å²) in [5.74, 6) is 2.34. The first-order valence-electron chi connectivity index (χ1n) is 10.1. The van der Waals surface area contributed by atoms with E-state index in [1.54, 1.807) is 0 Å². The largest absolute Gasteiger partial charge is 0.494 e. The Balaban J connectivity index is 1.70. The molecule has 5 nitrogen and oxygen atoms in total. The first-order valence-corrected chi connectivity index (χ1v) is 10.1. The van der Waals surface area contributed by atoms with Crippen molar-refractivity contribution in [2.75, 3.05) is 18.7 Å². The summed E-state index contributed by atoms with van der Waals surface area (Å²) < 4.78 is 17.0. The highest BCUT2D eigenvalue weighted by Gasteiger charge is 2.41. The second-order valence-electron chi connectivity index (χ2n) is 8.69. The maximum atomic E-state index is 13.3. The molecule has 1 atom stereocenters. The zero-order valence-corrected chi connectivity index (χ0v) is 17.0. The fourth-order valence-corrected chi connectivity index (χ4v) is 4.70. The zero-order valence-electron chi connectivity index (χ0n) is 17.0. The molecule has 0 amide bonds. The molecule has 2 aromatic carbocycles. The summed E-state index contributed by atoms with van der Waals surface area (Å²) in [6.07, 6.45) is 1.39. The fraction of sp³-hybridized carbons (Fsp3) is 0.375. The molecule has 150 valence electrons. The van der Waals surface area contributed by atoms with Gasteiger partial charge in [-0.05, 0) is 48.1 Å². The number of carbonyl (C=O) groups excluding carboxylic acids is 1. The Morgan fingerprint density at radius 1 is 1.14 bits per heavy atom. The Morgan fingerprint density at radius 3 is 2.72 bits per heavy atom. The molecule has 0 saturated heterocycles. The quantitative estimate of drug-likeness (QED) is 0.797. The van der Waals surface area contributed by atoms with Crippen LogP contribution in [-0.2, 0) is 4.79 Å². The van der Waals surface area contributed by atoms with Crippen LogP contribution in [0.15, 0.2) is 47.7 Å². The normalized spacial score (nSPS) is 21.3. The number of benzene rings is 2. The van der Waals surface area contributed by atoms with E-state index in [2.05, 4.69) is 25.2 Å². The van der Waals surface area contributed by atoms with Gasteiger partial charge in [-0.1, -0.05) is 26.0 Å². The summed E-state index contributed by atoms with van der Waals surface area (Å²) in [7, 11) is 0. The van der Waals surface area contributed by atoms with Gasteiger partial charge in [0.15, 0.2) is 17.3 Å². The number of Topliss-reactive ketones (excluding diaryl/α,β-unsaturated/α-hetero) is 1. The van der Waals surface area contributed by atoms with E-state index in [1.165, 1.54) is 0 Å². The monoisotopic (exact) mass is 391 g/mol. The molecule has 1 N–H and O–H groups in total. The smallest absolute Gasteiger partial charge is 0.231 e. The van der Waals surface area contributed by atoms with E-state index < -0.39 is 0 Å². The van der Waals surface area contributed by atoms with Crippen molar-refractivity contribution in [2.24, 2.45) is 5.41 Å². The molecule has 1 aliphatic carbocycles. The molecule has 5 heteroatoms. The predicted octanol–water partition coefficient (Wildman–Crippen LogP) is 5.01. The number of anilines is 1. The van der Waals surface area contributed by atoms with Gasteiger partial charge >= 0.3 is 0 Å². The van der Waals surface area contributed by atoms with E-state index in [1.807, 2.05) is 37.3 Å². The van der Waals surface area contributed by atoms with Crippen LogP contribution >= 0.6 is 0 Å². The van der Waals surface area contributed by atoms with E-state index in [9.17, 15) is 4.79 Å². The molecule has 5 rings (SSSR count). The Bertz CT molecular complexity index is 1040. The van der Waals surface area contributed by atoms with Gasteiger partial charge in [-0.15, -0.1) is 0 Å². The van der Waals surface area contributed by atoms with Gasteiger partial charge in [0.2, 0.25) is 6.79 Å². The number of ketones is 1. The van der Waals surface area contributed by atoms with Crippen LogP contribution in [-0.4, -0.2) is 19.2 Å². The molecule has 0 unspecified atom stereocenters. The number of hydrogen-bond donors (Lipinski definition) is 1. The molecule has 0 aromatic heterocycles. The molecule has 0 bridgehead atoms. The number of fused-ring (bicyclic) bond motifs is 2. The van der Waals surface area contributed by atoms with Crippen LogP contribution in [0.2, 0.25) is 0 Å². The summed E-state index contributed by atoms with van der Waals surface area (Å²) in [4.78, 5) is 13.3. The highest BCUT2D eigenvalue weighted by Crippen LogP contribution is 2.52. The molecular weight excluding hydrogens is 366 g/mol. The van der Waals surface area contributed by atoms with E-state index in [0.29, 0.717) is 13.0 Å². The third kappa shape index (κ3) is 3.05. The van der Waals surface area contributed by atoms with Crippen LogP contribution in [0.5, 0.6) is 17.2 Å². The number of nitrogens with one attached hydrogen (secondary N) is 1. The van der Waals surface area contributed by atoms with Crippen molar-refractivity contribution in [1.29, 1.82) is 0 Å². The second-order valence-corrected chi connectivity index (χ2v) is 8.69. The molecule has 0 spiro atoms. The minimum absolute atomic E-state index is 0.0610. The van der Waals surface area contributed by atoms with E-state index >= 15 is 0 Å². The molecule has 29 heavy (non-hydrogen) atoms. The Hall–Kier alpha value is -2.95. The van der Waals surface area contributed by atoms with Crippen molar-refractivity contribution in [3.8, 4) is 17.2 Å². The first-order chi connectivity index (χ1) is 13.9. The van der Waals surface area contributed by atoms with Crippen LogP contribution in [0.3, 0.4) is 0 Å². The van der Waals surface area contributed by atoms with Gasteiger partial charge in [-0.2, -0.15) is 0 Å². The number of ether oxygens (including phenoxy) is 3. The van der Waals surface area contributed by atoms with Gasteiger partial charge in [-0.3, -0.25) is 4.79 Å². The summed E-state index contributed by atoms with van der Waals surface area (Å²) >= 11 is 0. The Kier molecular flexibility index (Phi) is 4.09. The molecule has 0 fully saturated rings. The second kappa shape index (κ2) is 6.55. The van der Waals surface area contributed by atoms with Crippen LogP contribution in [0, 0.1) is 5.41 Å². The van der Waals surface area contributed by atoms with Gasteiger partial charge in [0.25, 0.3) is 0 Å². The molecule has 2 heterocycles. The molecule has 0 radical (unpaired) electrons. The highest BCUT2D eigenvalue weighted by molar-refractivity contribution is 6.01. The predicted molar refractivity (Wildman–Crippen MR) is 111 cm³/mol. The number of hydrogen-bond acceptors (Lipinski definition) is 5. The lowest BCUT2D eigenvalue weighted by molar-refractivity contribution is -0.118. The van der Waals surface area contributed by atoms with Crippen molar-refractivity contribution < 1.29 is 19.0 Å². The lowest BCUT2D eigenvalue weighted by Gasteiger charge is -2.39. The topological polar surface area (TPSA) is 56.8 Å². The number of rotatable bonds is 3. The summed E-state index contributed by atoms with van der Waals surface area (Å²) in [6.45, 7) is 7.10. The first kappa shape index (κ1) is 18.1. The van der Waals surface area contributed by atoms with Gasteiger partial charge < -0.3 is 19.5 Å². The minimum atomic E-state index is -0.153. The van der Waals surface area contributed by atoms with Crippen LogP contribution in [0.4, 0.5) is 5.69 Å². The lowest BCUT2D eigenvalue weighted by atomic mass is 9.68. The SMILES string of the molecule is CCOc1cccc([C@H]2C3=C(CC(C)(C)CC3=O)Nc3cc4c(cc32)OCO4)c1. The Labute approximate surface area is 170 Å². The van der Waals surface area contributed by atoms with Crippen LogP contribution in [0.25, 0.3) is 0 Å². The third-order valence-corrected chi connectivity index (χ3v) is 5.85. The summed E-state index contributed by atoms with van der Waals surface area (Å²) in [5.41, 5.74) is 4.89. The minimum Gasteiger partial charge on any atom is -0.494 e. The number of allylic oxidation sites excluding steroid dienone is 2. The van der Waals surface area contributed by atoms with E-state index in [-0.39, 0.29) is 23.9 Å². The number of carbonyl (C=O) groups is 1. The molecular formula is C24H25NO4. The molecule has 2 aromatic rings. The van der Waals surface area contributed by atoms with Gasteiger partial charge in [0.1, 0.15) is 5.75 Å². The summed E-state index contributed by atoms with van der Waals surface area (Å²) in [5, 5.41) is 3.55. The fourth-order valence-electron chi connectivity index (χ4n) is 4.70. The zero-order chi connectivity index (χ0) is 20.2. The highest BCUT2D eigenvalue weighted by atomic mass is 16.7. The van der Waals surface area contributed by atoms with Gasteiger partial charge in [0.05, 0.1) is 6.61 Å². The third-order valence-electron chi connectivity index (χ3n) is 5.85. The van der Waals surface area contributed by atoms with Crippen molar-refractivity contribution in [3.05, 3.63) is 58.8 Å². The standard InChI is InChI=1S/C24H25NO4/c1-4-27-15-7-5-6-14(8-15)22-16-9-20-21(29-13-28-20)10-17(16)25-18-11-24(2,3)12-19(26)23(18)22/h5-10,22,25H,4,11-13H2,1-3H3/t22-/m1/s1. The average Bonchev–Trinajstić information content (AvgIpc) is 3.11. The van der Waals surface area contributed by atoms with E-state index in [0.717, 1.165) is 51.8 Å². The maximum Gasteiger partial charge on any atom is 0.231 e. The van der Waals surface area contributed by atoms with Gasteiger partial charge in [-0.25, -0.2) is 0 Å². The van der Waals surface area contributed by atoms with Crippen LogP contribution in [0.1, 0.15) is 50.7 Å². The van der Waals surface area contributed by atoms with Crippen molar-refractivity contribution >= 4 is 11.5 Å². The van der Waals surface area contributed by atoms with Crippen LogP contribution < -0.4 is 19.5 Å². The van der Waals surface area contributed by atoms with Crippen molar-refractivity contribution in [3.63, 3.8) is 0 Å².